The molecular formula is C11H22N2O. The zero-order chi connectivity index (χ0) is 10.9. The zero-order valence-corrected chi connectivity index (χ0v) is 10.0. The molecule has 0 bridgehead atoms. The highest BCUT2D eigenvalue weighted by atomic mass is 16.2. The summed E-state index contributed by atoms with van der Waals surface area (Å²) in [5.74, 6) is 0.199. The second-order valence-corrected chi connectivity index (χ2v) is 5.18. The van der Waals surface area contributed by atoms with Gasteiger partial charge in [0.25, 0.3) is 0 Å². The van der Waals surface area contributed by atoms with Gasteiger partial charge >= 0.3 is 0 Å². The summed E-state index contributed by atoms with van der Waals surface area (Å²) >= 11 is 0. The summed E-state index contributed by atoms with van der Waals surface area (Å²) in [5, 5.41) is 0. The van der Waals surface area contributed by atoms with Gasteiger partial charge in [0, 0.05) is 38.1 Å². The van der Waals surface area contributed by atoms with Crippen LogP contribution in [-0.2, 0) is 4.79 Å². The number of carbonyl (C=O) groups excluding carboxylic acids is 1. The van der Waals surface area contributed by atoms with Crippen molar-refractivity contribution in [3.05, 3.63) is 0 Å². The van der Waals surface area contributed by atoms with Crippen LogP contribution in [0.4, 0.5) is 0 Å². The van der Waals surface area contributed by atoms with E-state index in [9.17, 15) is 4.79 Å². The summed E-state index contributed by atoms with van der Waals surface area (Å²) in [5.41, 5.74) is 0.211. The second-order valence-electron chi connectivity index (χ2n) is 5.18. The zero-order valence-electron chi connectivity index (χ0n) is 10.0. The standard InChI is InChI=1S/C11H22N2O/c1-9-8-12(10(2)14)6-7-13(9)11(3,4)5/h9H,6-8H2,1-5H3/t9-/m0/s1. The van der Waals surface area contributed by atoms with Gasteiger partial charge in [-0.3, -0.25) is 9.69 Å². The molecule has 0 spiro atoms. The minimum absolute atomic E-state index is 0.199. The predicted molar refractivity (Wildman–Crippen MR) is 58.2 cm³/mol. The molecule has 1 aliphatic rings. The second kappa shape index (κ2) is 3.89. The van der Waals surface area contributed by atoms with Crippen LogP contribution in [0.25, 0.3) is 0 Å². The minimum Gasteiger partial charge on any atom is -0.340 e. The smallest absolute Gasteiger partial charge is 0.219 e. The fourth-order valence-electron chi connectivity index (χ4n) is 2.24. The molecule has 0 radical (unpaired) electrons. The van der Waals surface area contributed by atoms with E-state index in [1.807, 2.05) is 4.90 Å². The Balaban J connectivity index is 2.61. The van der Waals surface area contributed by atoms with Crippen LogP contribution < -0.4 is 0 Å². The molecule has 82 valence electrons. The molecule has 1 aliphatic heterocycles. The van der Waals surface area contributed by atoms with E-state index >= 15 is 0 Å². The highest BCUT2D eigenvalue weighted by molar-refractivity contribution is 5.73. The summed E-state index contributed by atoms with van der Waals surface area (Å²) < 4.78 is 0. The lowest BCUT2D eigenvalue weighted by molar-refractivity contribution is -0.132. The molecule has 3 heteroatoms. The molecule has 0 aromatic rings. The molecule has 0 saturated carbocycles. The first-order chi connectivity index (χ1) is 6.32. The number of nitrogens with zero attached hydrogens (tertiary/aromatic N) is 2. The van der Waals surface area contributed by atoms with Gasteiger partial charge in [0.15, 0.2) is 0 Å². The SMILES string of the molecule is CC(=O)N1CCN(C(C)(C)C)[C@@H](C)C1. The van der Waals surface area contributed by atoms with E-state index in [1.54, 1.807) is 6.92 Å². The number of piperazine rings is 1. The minimum atomic E-state index is 0.199. The molecule has 0 N–H and O–H groups in total. The largest absolute Gasteiger partial charge is 0.340 e. The molecule has 3 nitrogen and oxygen atoms in total. The Kier molecular flexibility index (Phi) is 3.20. The van der Waals surface area contributed by atoms with Crippen LogP contribution >= 0.6 is 0 Å². The van der Waals surface area contributed by atoms with Gasteiger partial charge in [0.1, 0.15) is 0 Å². The van der Waals surface area contributed by atoms with Gasteiger partial charge in [-0.05, 0) is 27.7 Å². The van der Waals surface area contributed by atoms with Gasteiger partial charge in [-0.25, -0.2) is 0 Å². The third-order valence-corrected chi connectivity index (χ3v) is 2.93. The third-order valence-electron chi connectivity index (χ3n) is 2.93. The summed E-state index contributed by atoms with van der Waals surface area (Å²) in [7, 11) is 0. The van der Waals surface area contributed by atoms with E-state index in [-0.39, 0.29) is 11.4 Å². The lowest BCUT2D eigenvalue weighted by Gasteiger charge is -2.46. The molecule has 1 rings (SSSR count). The van der Waals surface area contributed by atoms with Gasteiger partial charge in [0.2, 0.25) is 5.91 Å². The van der Waals surface area contributed by atoms with Crippen LogP contribution in [0, 0.1) is 0 Å². The average Bonchev–Trinajstić information content (AvgIpc) is 2.01. The van der Waals surface area contributed by atoms with Gasteiger partial charge in [-0.2, -0.15) is 0 Å². The first kappa shape index (κ1) is 11.5. The van der Waals surface area contributed by atoms with Gasteiger partial charge < -0.3 is 4.90 Å². The average molecular weight is 198 g/mol. The van der Waals surface area contributed by atoms with E-state index < -0.39 is 0 Å². The topological polar surface area (TPSA) is 23.6 Å². The first-order valence-electron chi connectivity index (χ1n) is 5.34. The Morgan fingerprint density at radius 2 is 1.86 bits per heavy atom. The molecule has 0 aromatic carbocycles. The summed E-state index contributed by atoms with van der Waals surface area (Å²) in [4.78, 5) is 15.6. The maximum Gasteiger partial charge on any atom is 0.219 e. The van der Waals surface area contributed by atoms with Crippen molar-refractivity contribution in [3.8, 4) is 0 Å². The highest BCUT2D eigenvalue weighted by Gasteiger charge is 2.31. The normalized spacial score (nSPS) is 25.2. The van der Waals surface area contributed by atoms with Crippen molar-refractivity contribution in [2.24, 2.45) is 0 Å². The van der Waals surface area contributed by atoms with Crippen molar-refractivity contribution < 1.29 is 4.79 Å². The van der Waals surface area contributed by atoms with Crippen molar-refractivity contribution in [2.75, 3.05) is 19.6 Å². The Labute approximate surface area is 87.1 Å². The molecule has 0 unspecified atom stereocenters. The third kappa shape index (κ3) is 2.47. The summed E-state index contributed by atoms with van der Waals surface area (Å²) in [6, 6.07) is 0.465. The molecule has 1 atom stereocenters. The Hall–Kier alpha value is -0.570. The number of carbonyl (C=O) groups is 1. The van der Waals surface area contributed by atoms with Gasteiger partial charge in [0.05, 0.1) is 0 Å². The van der Waals surface area contributed by atoms with Crippen molar-refractivity contribution >= 4 is 5.91 Å². The van der Waals surface area contributed by atoms with Crippen molar-refractivity contribution in [3.63, 3.8) is 0 Å². The predicted octanol–water partition coefficient (Wildman–Crippen LogP) is 1.34. The Morgan fingerprint density at radius 1 is 1.29 bits per heavy atom. The van der Waals surface area contributed by atoms with Crippen LogP contribution in [0.3, 0.4) is 0 Å². The monoisotopic (exact) mass is 198 g/mol. The number of amides is 1. The van der Waals surface area contributed by atoms with Gasteiger partial charge in [-0.1, -0.05) is 0 Å². The van der Waals surface area contributed by atoms with Gasteiger partial charge in [-0.15, -0.1) is 0 Å². The fourth-order valence-corrected chi connectivity index (χ4v) is 2.24. The van der Waals surface area contributed by atoms with E-state index in [2.05, 4.69) is 32.6 Å². The van der Waals surface area contributed by atoms with Crippen LogP contribution in [0.1, 0.15) is 34.6 Å². The summed E-state index contributed by atoms with van der Waals surface area (Å²) in [6.45, 7) is 13.3. The molecule has 0 aromatic heterocycles. The number of rotatable bonds is 0. The fraction of sp³-hybridized carbons (Fsp3) is 0.909. The Morgan fingerprint density at radius 3 is 2.21 bits per heavy atom. The number of hydrogen-bond donors (Lipinski definition) is 0. The van der Waals surface area contributed by atoms with E-state index in [0.717, 1.165) is 19.6 Å². The molecule has 14 heavy (non-hydrogen) atoms. The molecular weight excluding hydrogens is 176 g/mol. The van der Waals surface area contributed by atoms with Crippen LogP contribution in [0.15, 0.2) is 0 Å². The molecule has 1 heterocycles. The lowest BCUT2D eigenvalue weighted by atomic mass is 10.0. The van der Waals surface area contributed by atoms with Crippen LogP contribution in [0.5, 0.6) is 0 Å². The Bertz CT molecular complexity index is 220. The molecule has 1 amide bonds. The summed E-state index contributed by atoms with van der Waals surface area (Å²) in [6.07, 6.45) is 0. The van der Waals surface area contributed by atoms with Crippen molar-refractivity contribution in [1.82, 2.24) is 9.80 Å². The maximum absolute atomic E-state index is 11.2. The maximum atomic E-state index is 11.2. The van der Waals surface area contributed by atoms with Crippen LogP contribution in [-0.4, -0.2) is 46.9 Å². The van der Waals surface area contributed by atoms with Crippen LogP contribution in [0.2, 0.25) is 0 Å². The lowest BCUT2D eigenvalue weighted by Crippen LogP contribution is -2.58. The highest BCUT2D eigenvalue weighted by Crippen LogP contribution is 2.20. The quantitative estimate of drug-likeness (QED) is 0.586. The van der Waals surface area contributed by atoms with E-state index in [1.165, 1.54) is 0 Å². The molecule has 0 aliphatic carbocycles. The first-order valence-corrected chi connectivity index (χ1v) is 5.34. The van der Waals surface area contributed by atoms with Crippen molar-refractivity contribution in [2.45, 2.75) is 46.2 Å². The molecule has 1 saturated heterocycles. The van der Waals surface area contributed by atoms with E-state index in [0.29, 0.717) is 6.04 Å². The van der Waals surface area contributed by atoms with Crippen molar-refractivity contribution in [1.29, 1.82) is 0 Å². The van der Waals surface area contributed by atoms with E-state index in [4.69, 9.17) is 0 Å². The number of hydrogen-bond acceptors (Lipinski definition) is 2. The molecule has 1 fully saturated rings.